The first-order valence-corrected chi connectivity index (χ1v) is 8.51. The van der Waals surface area contributed by atoms with Gasteiger partial charge in [0.25, 0.3) is 0 Å². The van der Waals surface area contributed by atoms with Gasteiger partial charge in [-0.15, -0.1) is 0 Å². The van der Waals surface area contributed by atoms with Crippen molar-refractivity contribution in [1.82, 2.24) is 4.90 Å². The number of hydrogen-bond acceptors (Lipinski definition) is 3. The highest BCUT2D eigenvalue weighted by atomic mass is 19.1. The van der Waals surface area contributed by atoms with Crippen molar-refractivity contribution in [2.45, 2.75) is 19.8 Å². The number of nitrogens with zero attached hydrogens (tertiary/aromatic N) is 1. The molecule has 2 aliphatic rings. The molecule has 0 aromatic heterocycles. The molecule has 0 saturated carbocycles. The number of benzene rings is 2. The van der Waals surface area contributed by atoms with Crippen LogP contribution in [-0.2, 0) is 4.79 Å². The topological polar surface area (TPSA) is 37.4 Å². The van der Waals surface area contributed by atoms with E-state index >= 15 is 0 Å². The van der Waals surface area contributed by atoms with Gasteiger partial charge in [0.15, 0.2) is 11.6 Å². The smallest absolute Gasteiger partial charge is 0.192 e. The van der Waals surface area contributed by atoms with Crippen LogP contribution in [0.25, 0.3) is 5.70 Å². The van der Waals surface area contributed by atoms with E-state index in [-0.39, 0.29) is 11.6 Å². The van der Waals surface area contributed by atoms with Crippen LogP contribution >= 0.6 is 0 Å². The van der Waals surface area contributed by atoms with Crippen LogP contribution in [-0.4, -0.2) is 23.5 Å². The van der Waals surface area contributed by atoms with Gasteiger partial charge in [0, 0.05) is 46.5 Å². The summed E-state index contributed by atoms with van der Waals surface area (Å²) in [7, 11) is 1.85. The molecule has 2 aromatic carbocycles. The number of hydrogen-bond donors (Lipinski definition) is 0. The molecule has 1 heterocycles. The van der Waals surface area contributed by atoms with Crippen molar-refractivity contribution in [3.05, 3.63) is 87.9 Å². The molecule has 0 spiro atoms. The fourth-order valence-electron chi connectivity index (χ4n) is 4.09. The van der Waals surface area contributed by atoms with Gasteiger partial charge in [0.2, 0.25) is 0 Å². The van der Waals surface area contributed by atoms with Gasteiger partial charge in [-0.1, -0.05) is 42.5 Å². The summed E-state index contributed by atoms with van der Waals surface area (Å²) in [6.07, 6.45) is 0. The molecule has 1 aliphatic carbocycles. The molecule has 0 unspecified atom stereocenters. The highest BCUT2D eigenvalue weighted by Crippen LogP contribution is 2.50. The molecular formula is C22H18FNO2. The Kier molecular flexibility index (Phi) is 3.65. The third-order valence-electron chi connectivity index (χ3n) is 5.33. The number of carbonyl (C=O) groups excluding carboxylic acids is 2. The highest BCUT2D eigenvalue weighted by molar-refractivity contribution is 6.23. The van der Waals surface area contributed by atoms with Gasteiger partial charge in [0.1, 0.15) is 5.82 Å². The molecule has 26 heavy (non-hydrogen) atoms. The van der Waals surface area contributed by atoms with Crippen molar-refractivity contribution in [1.29, 1.82) is 0 Å². The molecule has 1 atom stereocenters. The number of rotatable bonds is 2. The molecule has 0 N–H and O–H groups in total. The lowest BCUT2D eigenvalue weighted by Gasteiger charge is -2.35. The minimum Gasteiger partial charge on any atom is -0.347 e. The van der Waals surface area contributed by atoms with Crippen molar-refractivity contribution in [3.63, 3.8) is 0 Å². The average molecular weight is 347 g/mol. The van der Waals surface area contributed by atoms with Gasteiger partial charge in [-0.05, 0) is 19.9 Å². The van der Waals surface area contributed by atoms with Gasteiger partial charge >= 0.3 is 0 Å². The summed E-state index contributed by atoms with van der Waals surface area (Å²) in [5, 5.41) is 0. The molecule has 4 rings (SSSR count). The zero-order chi connectivity index (χ0) is 18.6. The zero-order valence-corrected chi connectivity index (χ0v) is 14.8. The molecule has 130 valence electrons. The van der Waals surface area contributed by atoms with Crippen LogP contribution in [0.1, 0.15) is 41.3 Å². The zero-order valence-electron chi connectivity index (χ0n) is 14.8. The number of carbonyl (C=O) groups is 2. The first-order chi connectivity index (χ1) is 12.4. The fourth-order valence-corrected chi connectivity index (χ4v) is 4.09. The fraction of sp³-hybridized carbons (Fsp3) is 0.182. The summed E-state index contributed by atoms with van der Waals surface area (Å²) >= 11 is 0. The summed E-state index contributed by atoms with van der Waals surface area (Å²) in [6.45, 7) is 3.32. The Morgan fingerprint density at radius 1 is 1.04 bits per heavy atom. The summed E-state index contributed by atoms with van der Waals surface area (Å²) in [5.41, 5.74) is 4.25. The van der Waals surface area contributed by atoms with Crippen molar-refractivity contribution >= 4 is 17.3 Å². The summed E-state index contributed by atoms with van der Waals surface area (Å²) in [4.78, 5) is 27.6. The number of ketones is 2. The van der Waals surface area contributed by atoms with E-state index in [1.165, 1.54) is 13.0 Å². The molecule has 3 nitrogen and oxygen atoms in total. The number of fused-ring (bicyclic) bond motifs is 2. The Morgan fingerprint density at radius 3 is 2.31 bits per heavy atom. The molecule has 0 bridgehead atoms. The summed E-state index contributed by atoms with van der Waals surface area (Å²) in [6, 6.07) is 13.7. The second-order valence-electron chi connectivity index (χ2n) is 6.71. The van der Waals surface area contributed by atoms with Crippen LogP contribution in [0.15, 0.2) is 65.4 Å². The lowest BCUT2D eigenvalue weighted by Crippen LogP contribution is -2.29. The normalized spacial score (nSPS) is 19.0. The van der Waals surface area contributed by atoms with Crippen molar-refractivity contribution in [2.75, 3.05) is 7.05 Å². The lowest BCUT2D eigenvalue weighted by molar-refractivity contribution is -0.113. The van der Waals surface area contributed by atoms with Crippen LogP contribution < -0.4 is 0 Å². The van der Waals surface area contributed by atoms with E-state index in [9.17, 15) is 14.0 Å². The van der Waals surface area contributed by atoms with Crippen molar-refractivity contribution < 1.29 is 14.0 Å². The monoisotopic (exact) mass is 347 g/mol. The average Bonchev–Trinajstić information content (AvgIpc) is 2.92. The number of allylic oxidation sites excluding steroid dienone is 3. The minimum atomic E-state index is -0.695. The SMILES string of the molecule is CC(=O)C1=C(C)N(C)C2=C(C(=O)c3ccccc32)[C@H]1c1ccccc1F. The largest absolute Gasteiger partial charge is 0.347 e. The van der Waals surface area contributed by atoms with Crippen molar-refractivity contribution in [3.8, 4) is 0 Å². The Bertz CT molecular complexity index is 1030. The van der Waals surface area contributed by atoms with Gasteiger partial charge in [-0.2, -0.15) is 0 Å². The Labute approximate surface area is 151 Å². The van der Waals surface area contributed by atoms with Gasteiger partial charge in [-0.25, -0.2) is 4.39 Å². The van der Waals surface area contributed by atoms with E-state index in [0.717, 1.165) is 17.0 Å². The maximum absolute atomic E-state index is 14.7. The van der Waals surface area contributed by atoms with Crippen LogP contribution in [0.2, 0.25) is 0 Å². The van der Waals surface area contributed by atoms with E-state index in [1.807, 2.05) is 37.1 Å². The lowest BCUT2D eigenvalue weighted by atomic mass is 9.78. The number of halogens is 1. The molecule has 0 saturated heterocycles. The van der Waals surface area contributed by atoms with E-state index in [0.29, 0.717) is 22.3 Å². The Balaban J connectivity index is 2.05. The van der Waals surface area contributed by atoms with Crippen LogP contribution in [0, 0.1) is 5.82 Å². The molecule has 0 fully saturated rings. The van der Waals surface area contributed by atoms with Gasteiger partial charge in [-0.3, -0.25) is 9.59 Å². The first-order valence-electron chi connectivity index (χ1n) is 8.51. The third kappa shape index (κ3) is 2.11. The second kappa shape index (κ2) is 5.77. The number of Topliss-reactive ketones (excluding diaryl/α,β-unsaturated/α-hetero) is 2. The van der Waals surface area contributed by atoms with Gasteiger partial charge in [0.05, 0.1) is 5.70 Å². The molecule has 4 heteroatoms. The van der Waals surface area contributed by atoms with E-state index < -0.39 is 11.7 Å². The van der Waals surface area contributed by atoms with E-state index in [1.54, 1.807) is 24.3 Å². The molecule has 2 aromatic rings. The molecule has 1 aliphatic heterocycles. The summed E-state index contributed by atoms with van der Waals surface area (Å²) < 4.78 is 14.7. The highest BCUT2D eigenvalue weighted by Gasteiger charge is 2.44. The maximum atomic E-state index is 14.7. The Hall–Kier alpha value is -3.01. The standard InChI is InChI=1S/C22H18FNO2/c1-12-18(13(2)25)19(16-10-6-7-11-17(16)23)20-21(24(12)3)14-8-4-5-9-15(14)22(20)26/h4-11,19H,1-3H3/t19-/m0/s1. The van der Waals surface area contributed by atoms with Crippen LogP contribution in [0.3, 0.4) is 0 Å². The quantitative estimate of drug-likeness (QED) is 0.812. The molecule has 0 radical (unpaired) electrons. The predicted octanol–water partition coefficient (Wildman–Crippen LogP) is 4.33. The maximum Gasteiger partial charge on any atom is 0.192 e. The van der Waals surface area contributed by atoms with E-state index in [4.69, 9.17) is 0 Å². The van der Waals surface area contributed by atoms with E-state index in [2.05, 4.69) is 0 Å². The van der Waals surface area contributed by atoms with Crippen molar-refractivity contribution in [2.24, 2.45) is 0 Å². The Morgan fingerprint density at radius 2 is 1.65 bits per heavy atom. The van der Waals surface area contributed by atoms with Crippen LogP contribution in [0.5, 0.6) is 0 Å². The molecule has 0 amide bonds. The predicted molar refractivity (Wildman–Crippen MR) is 98.0 cm³/mol. The minimum absolute atomic E-state index is 0.137. The second-order valence-corrected chi connectivity index (χ2v) is 6.71. The van der Waals surface area contributed by atoms with Gasteiger partial charge < -0.3 is 4.90 Å². The first kappa shape index (κ1) is 16.5. The third-order valence-corrected chi connectivity index (χ3v) is 5.33. The van der Waals surface area contributed by atoms with Crippen LogP contribution in [0.4, 0.5) is 4.39 Å². The summed E-state index contributed by atoms with van der Waals surface area (Å²) in [5.74, 6) is -1.40. The molecular weight excluding hydrogens is 329 g/mol.